The molecule has 2 amide bonds. The summed E-state index contributed by atoms with van der Waals surface area (Å²) in [6.07, 6.45) is 6.76. The second-order valence-corrected chi connectivity index (χ2v) is 7.23. The zero-order valence-electron chi connectivity index (χ0n) is 13.9. The van der Waals surface area contributed by atoms with Gasteiger partial charge in [0.15, 0.2) is 0 Å². The Morgan fingerprint density at radius 1 is 1.15 bits per heavy atom. The second kappa shape index (κ2) is 7.24. The molecule has 1 fully saturated rings. The van der Waals surface area contributed by atoms with Gasteiger partial charge in [0, 0.05) is 18.4 Å². The van der Waals surface area contributed by atoms with Crippen LogP contribution in [0.2, 0.25) is 0 Å². The first-order valence-electron chi connectivity index (χ1n) is 8.15. The van der Waals surface area contributed by atoms with Crippen molar-refractivity contribution in [2.24, 2.45) is 11.3 Å². The molecule has 0 aromatic rings. The average molecular weight is 281 g/mol. The molecule has 0 bridgehead atoms. The fraction of sp³-hybridized carbons (Fsp3) is 0.882. The van der Waals surface area contributed by atoms with Crippen LogP contribution in [0.4, 0.5) is 0 Å². The van der Waals surface area contributed by atoms with Crippen LogP contribution in [-0.2, 0) is 9.59 Å². The number of imide groups is 1. The summed E-state index contributed by atoms with van der Waals surface area (Å²) in [5.74, 6) is -0.0615. The third-order valence-corrected chi connectivity index (χ3v) is 4.58. The van der Waals surface area contributed by atoms with Crippen molar-refractivity contribution in [3.8, 4) is 0 Å². The van der Waals surface area contributed by atoms with E-state index in [1.807, 2.05) is 13.8 Å². The van der Waals surface area contributed by atoms with Crippen molar-refractivity contribution in [3.05, 3.63) is 0 Å². The zero-order chi connectivity index (χ0) is 15.3. The highest BCUT2D eigenvalue weighted by Crippen LogP contribution is 2.31. The van der Waals surface area contributed by atoms with E-state index in [1.165, 1.54) is 6.42 Å². The summed E-state index contributed by atoms with van der Waals surface area (Å²) >= 11 is 0. The van der Waals surface area contributed by atoms with Crippen LogP contribution in [0, 0.1) is 11.3 Å². The van der Waals surface area contributed by atoms with E-state index in [0.29, 0.717) is 6.42 Å². The number of rotatable bonds is 4. The van der Waals surface area contributed by atoms with Gasteiger partial charge in [-0.15, -0.1) is 0 Å². The van der Waals surface area contributed by atoms with Crippen LogP contribution in [0.1, 0.15) is 79.6 Å². The summed E-state index contributed by atoms with van der Waals surface area (Å²) in [5, 5.41) is 0. The van der Waals surface area contributed by atoms with E-state index >= 15 is 0 Å². The molecule has 0 aliphatic heterocycles. The van der Waals surface area contributed by atoms with Gasteiger partial charge in [-0.05, 0) is 24.7 Å². The highest BCUT2D eigenvalue weighted by Gasteiger charge is 2.36. The Bertz CT molecular complexity index is 337. The molecule has 1 atom stereocenters. The Labute approximate surface area is 124 Å². The SMILES string of the molecule is CCCC(=O)N(C(=O)C(C)C(C)(C)C)C1CCCCC1. The molecule has 1 unspecified atom stereocenters. The molecule has 0 spiro atoms. The molecule has 0 aromatic heterocycles. The van der Waals surface area contributed by atoms with Gasteiger partial charge in [0.25, 0.3) is 0 Å². The van der Waals surface area contributed by atoms with Crippen molar-refractivity contribution in [3.63, 3.8) is 0 Å². The second-order valence-electron chi connectivity index (χ2n) is 7.23. The molecule has 20 heavy (non-hydrogen) atoms. The summed E-state index contributed by atoms with van der Waals surface area (Å²) in [5.41, 5.74) is -0.101. The van der Waals surface area contributed by atoms with Crippen LogP contribution in [0.3, 0.4) is 0 Å². The monoisotopic (exact) mass is 281 g/mol. The van der Waals surface area contributed by atoms with E-state index in [0.717, 1.165) is 32.1 Å². The predicted molar refractivity (Wildman–Crippen MR) is 82.3 cm³/mol. The van der Waals surface area contributed by atoms with Crippen LogP contribution in [0.15, 0.2) is 0 Å². The average Bonchev–Trinajstić information content (AvgIpc) is 2.38. The first-order valence-corrected chi connectivity index (χ1v) is 8.15. The van der Waals surface area contributed by atoms with Gasteiger partial charge in [0.2, 0.25) is 11.8 Å². The van der Waals surface area contributed by atoms with Gasteiger partial charge in [-0.1, -0.05) is 53.9 Å². The molecule has 0 aromatic carbocycles. The minimum Gasteiger partial charge on any atom is -0.279 e. The van der Waals surface area contributed by atoms with Crippen molar-refractivity contribution in [1.29, 1.82) is 0 Å². The number of carbonyl (C=O) groups excluding carboxylic acids is 2. The molecular weight excluding hydrogens is 250 g/mol. The standard InChI is InChI=1S/C17H31NO2/c1-6-10-15(19)18(14-11-8-7-9-12-14)16(20)13(2)17(3,4)5/h13-14H,6-12H2,1-5H3. The molecule has 0 heterocycles. The molecule has 1 aliphatic rings. The number of hydrogen-bond acceptors (Lipinski definition) is 2. The Morgan fingerprint density at radius 2 is 1.70 bits per heavy atom. The van der Waals surface area contributed by atoms with E-state index in [9.17, 15) is 9.59 Å². The Hall–Kier alpha value is -0.860. The lowest BCUT2D eigenvalue weighted by Gasteiger charge is -2.37. The molecule has 116 valence electrons. The minimum absolute atomic E-state index is 0.0282. The Kier molecular flexibility index (Phi) is 6.22. The normalized spacial score (nSPS) is 18.6. The number of amides is 2. The molecule has 0 radical (unpaired) electrons. The molecule has 0 N–H and O–H groups in total. The summed E-state index contributed by atoms with van der Waals surface area (Å²) in [4.78, 5) is 26.9. The first-order chi connectivity index (χ1) is 9.29. The van der Waals surface area contributed by atoms with Crippen molar-refractivity contribution < 1.29 is 9.59 Å². The van der Waals surface area contributed by atoms with E-state index in [2.05, 4.69) is 20.8 Å². The van der Waals surface area contributed by atoms with Crippen LogP contribution in [0.25, 0.3) is 0 Å². The lowest BCUT2D eigenvalue weighted by atomic mass is 9.80. The van der Waals surface area contributed by atoms with Gasteiger partial charge < -0.3 is 0 Å². The quantitative estimate of drug-likeness (QED) is 0.776. The molecule has 1 aliphatic carbocycles. The van der Waals surface area contributed by atoms with Gasteiger partial charge in [0.05, 0.1) is 0 Å². The van der Waals surface area contributed by atoms with Crippen molar-refractivity contribution in [2.75, 3.05) is 0 Å². The first kappa shape index (κ1) is 17.2. The van der Waals surface area contributed by atoms with Gasteiger partial charge in [-0.2, -0.15) is 0 Å². The lowest BCUT2D eigenvalue weighted by molar-refractivity contribution is -0.153. The van der Waals surface area contributed by atoms with Crippen LogP contribution in [0.5, 0.6) is 0 Å². The highest BCUT2D eigenvalue weighted by molar-refractivity contribution is 5.97. The van der Waals surface area contributed by atoms with Crippen molar-refractivity contribution in [1.82, 2.24) is 4.90 Å². The summed E-state index contributed by atoms with van der Waals surface area (Å²) in [6, 6.07) is 0.139. The van der Waals surface area contributed by atoms with Crippen LogP contribution < -0.4 is 0 Å². The maximum absolute atomic E-state index is 12.8. The Balaban J connectivity index is 2.91. The minimum atomic E-state index is -0.120. The van der Waals surface area contributed by atoms with Crippen molar-refractivity contribution >= 4 is 11.8 Å². The number of carbonyl (C=O) groups is 2. The molecular formula is C17H31NO2. The third kappa shape index (κ3) is 4.32. The van der Waals surface area contributed by atoms with E-state index in [-0.39, 0.29) is 29.2 Å². The molecule has 3 nitrogen and oxygen atoms in total. The molecule has 1 saturated carbocycles. The van der Waals surface area contributed by atoms with Gasteiger partial charge in [-0.3, -0.25) is 14.5 Å². The summed E-state index contributed by atoms with van der Waals surface area (Å²) < 4.78 is 0. The molecule has 1 rings (SSSR count). The maximum Gasteiger partial charge on any atom is 0.232 e. The predicted octanol–water partition coefficient (Wildman–Crippen LogP) is 4.16. The lowest BCUT2D eigenvalue weighted by Crippen LogP contribution is -2.49. The Morgan fingerprint density at radius 3 is 2.15 bits per heavy atom. The van der Waals surface area contributed by atoms with Crippen LogP contribution >= 0.6 is 0 Å². The molecule has 0 saturated heterocycles. The zero-order valence-corrected chi connectivity index (χ0v) is 13.9. The number of nitrogens with zero attached hydrogens (tertiary/aromatic N) is 1. The van der Waals surface area contributed by atoms with Crippen molar-refractivity contribution in [2.45, 2.75) is 85.6 Å². The third-order valence-electron chi connectivity index (χ3n) is 4.58. The smallest absolute Gasteiger partial charge is 0.232 e. The van der Waals surface area contributed by atoms with Gasteiger partial charge in [0.1, 0.15) is 0 Å². The van der Waals surface area contributed by atoms with E-state index < -0.39 is 0 Å². The van der Waals surface area contributed by atoms with E-state index in [4.69, 9.17) is 0 Å². The van der Waals surface area contributed by atoms with E-state index in [1.54, 1.807) is 4.90 Å². The van der Waals surface area contributed by atoms with Crippen LogP contribution in [-0.4, -0.2) is 22.8 Å². The fourth-order valence-electron chi connectivity index (χ4n) is 2.76. The largest absolute Gasteiger partial charge is 0.279 e. The summed E-state index contributed by atoms with van der Waals surface area (Å²) in [6.45, 7) is 10.2. The summed E-state index contributed by atoms with van der Waals surface area (Å²) in [7, 11) is 0. The fourth-order valence-corrected chi connectivity index (χ4v) is 2.76. The topological polar surface area (TPSA) is 37.4 Å². The number of hydrogen-bond donors (Lipinski definition) is 0. The highest BCUT2D eigenvalue weighted by atomic mass is 16.2. The van der Waals surface area contributed by atoms with Gasteiger partial charge >= 0.3 is 0 Å². The van der Waals surface area contributed by atoms with Gasteiger partial charge in [-0.25, -0.2) is 0 Å². The molecule has 3 heteroatoms. The maximum atomic E-state index is 12.8.